The summed E-state index contributed by atoms with van der Waals surface area (Å²) < 4.78 is 4.94. The van der Waals surface area contributed by atoms with Crippen molar-refractivity contribution < 1.29 is 14.8 Å². The van der Waals surface area contributed by atoms with Crippen LogP contribution in [0.25, 0.3) is 0 Å². The zero-order chi connectivity index (χ0) is 13.3. The lowest BCUT2D eigenvalue weighted by Crippen LogP contribution is -2.12. The molecule has 3 N–H and O–H groups in total. The molecular formula is C12H17ClN2O4. The molecule has 0 heterocycles. The van der Waals surface area contributed by atoms with E-state index in [1.54, 1.807) is 0 Å². The highest BCUT2D eigenvalue weighted by Crippen LogP contribution is 2.42. The van der Waals surface area contributed by atoms with Gasteiger partial charge in [-0.2, -0.15) is 0 Å². The van der Waals surface area contributed by atoms with E-state index in [-0.39, 0.29) is 29.6 Å². The Balaban J connectivity index is 0.00000180. The minimum absolute atomic E-state index is 0. The van der Waals surface area contributed by atoms with Gasteiger partial charge >= 0.3 is 0 Å². The van der Waals surface area contributed by atoms with Crippen LogP contribution in [0.1, 0.15) is 30.9 Å². The molecule has 0 amide bonds. The van der Waals surface area contributed by atoms with E-state index in [1.807, 2.05) is 0 Å². The number of nitro groups is 1. The van der Waals surface area contributed by atoms with Gasteiger partial charge in [0.25, 0.3) is 5.69 Å². The zero-order valence-electron chi connectivity index (χ0n) is 10.5. The number of non-ortho nitro benzene ring substituents is 1. The van der Waals surface area contributed by atoms with Crippen LogP contribution in [0.5, 0.6) is 11.5 Å². The maximum absolute atomic E-state index is 10.8. The van der Waals surface area contributed by atoms with Crippen molar-refractivity contribution in [2.45, 2.75) is 25.3 Å². The van der Waals surface area contributed by atoms with Gasteiger partial charge < -0.3 is 15.6 Å². The molecule has 0 saturated heterocycles. The summed E-state index contributed by atoms with van der Waals surface area (Å²) in [7, 11) is 1.36. The van der Waals surface area contributed by atoms with Crippen LogP contribution in [-0.4, -0.2) is 17.1 Å². The molecule has 6 nitrogen and oxygen atoms in total. The molecule has 0 aliphatic heterocycles. The number of nitro benzene ring substituents is 1. The summed E-state index contributed by atoms with van der Waals surface area (Å²) in [6, 6.07) is 2.12. The van der Waals surface area contributed by atoms with Crippen LogP contribution >= 0.6 is 12.4 Å². The number of benzene rings is 1. The average Bonchev–Trinajstić information content (AvgIpc) is 3.12. The van der Waals surface area contributed by atoms with Crippen LogP contribution in [0.3, 0.4) is 0 Å². The van der Waals surface area contributed by atoms with Crippen molar-refractivity contribution in [2.75, 3.05) is 7.11 Å². The van der Waals surface area contributed by atoms with Crippen molar-refractivity contribution in [3.05, 3.63) is 27.8 Å². The molecule has 0 unspecified atom stereocenters. The highest BCUT2D eigenvalue weighted by atomic mass is 35.5. The van der Waals surface area contributed by atoms with E-state index in [2.05, 4.69) is 0 Å². The van der Waals surface area contributed by atoms with Gasteiger partial charge in [0, 0.05) is 17.7 Å². The number of hydrogen-bond donors (Lipinski definition) is 2. The average molecular weight is 289 g/mol. The second-order valence-corrected chi connectivity index (χ2v) is 4.63. The monoisotopic (exact) mass is 288 g/mol. The van der Waals surface area contributed by atoms with Crippen LogP contribution in [0, 0.1) is 16.0 Å². The Kier molecular flexibility index (Phi) is 4.97. The minimum Gasteiger partial charge on any atom is -0.504 e. The van der Waals surface area contributed by atoms with Gasteiger partial charge in [-0.1, -0.05) is 12.8 Å². The molecule has 0 spiro atoms. The fourth-order valence-corrected chi connectivity index (χ4v) is 2.00. The predicted octanol–water partition coefficient (Wildman–Crippen LogP) is 2.53. The van der Waals surface area contributed by atoms with Crippen LogP contribution in [0.4, 0.5) is 5.69 Å². The van der Waals surface area contributed by atoms with Gasteiger partial charge in [-0.3, -0.25) is 10.1 Å². The molecule has 1 aromatic rings. The Labute approximate surface area is 117 Å². The van der Waals surface area contributed by atoms with Gasteiger partial charge in [0.15, 0.2) is 11.5 Å². The van der Waals surface area contributed by atoms with E-state index in [9.17, 15) is 15.2 Å². The molecule has 1 aromatic carbocycles. The number of nitrogens with two attached hydrogens (primary N) is 1. The standard InChI is InChI=1S/C12H16N2O4.ClH/c1-18-11-6-8(14(16)17)5-9(12(11)15)10(13)4-7-2-3-7;/h5-7,10,15H,2-4,13H2,1H3;1H/t10-;/m0./s1. The number of halogens is 1. The number of rotatable bonds is 5. The Hall–Kier alpha value is -1.53. The molecule has 1 atom stereocenters. The third-order valence-corrected chi connectivity index (χ3v) is 3.20. The van der Waals surface area contributed by atoms with E-state index in [1.165, 1.54) is 19.2 Å². The maximum atomic E-state index is 10.8. The van der Waals surface area contributed by atoms with E-state index in [0.29, 0.717) is 11.5 Å². The van der Waals surface area contributed by atoms with E-state index in [4.69, 9.17) is 10.5 Å². The summed E-state index contributed by atoms with van der Waals surface area (Å²) in [5, 5.41) is 20.8. The SMILES string of the molecule is COc1cc([N+](=O)[O-])cc([C@@H](N)CC2CC2)c1O.Cl. The summed E-state index contributed by atoms with van der Waals surface area (Å²) in [6.07, 6.45) is 3.01. The number of hydrogen-bond acceptors (Lipinski definition) is 5. The number of ether oxygens (including phenoxy) is 1. The Morgan fingerprint density at radius 3 is 2.68 bits per heavy atom. The highest BCUT2D eigenvalue weighted by molar-refractivity contribution is 5.85. The molecule has 2 rings (SSSR count). The Morgan fingerprint density at radius 1 is 1.58 bits per heavy atom. The van der Waals surface area contributed by atoms with E-state index < -0.39 is 11.0 Å². The fraction of sp³-hybridized carbons (Fsp3) is 0.500. The maximum Gasteiger partial charge on any atom is 0.273 e. The Morgan fingerprint density at radius 2 is 2.21 bits per heavy atom. The highest BCUT2D eigenvalue weighted by Gasteiger charge is 2.27. The summed E-state index contributed by atoms with van der Waals surface area (Å²) in [5.74, 6) is 0.561. The first-order chi connectivity index (χ1) is 8.52. The largest absolute Gasteiger partial charge is 0.504 e. The van der Waals surface area contributed by atoms with Gasteiger partial charge in [-0.25, -0.2) is 0 Å². The van der Waals surface area contributed by atoms with Crippen molar-refractivity contribution >= 4 is 18.1 Å². The van der Waals surface area contributed by atoms with Crippen molar-refractivity contribution in [1.82, 2.24) is 0 Å². The zero-order valence-corrected chi connectivity index (χ0v) is 11.4. The molecular weight excluding hydrogens is 272 g/mol. The van der Waals surface area contributed by atoms with Crippen LogP contribution < -0.4 is 10.5 Å². The van der Waals surface area contributed by atoms with Crippen molar-refractivity contribution in [2.24, 2.45) is 11.7 Å². The summed E-state index contributed by atoms with van der Waals surface area (Å²) in [6.45, 7) is 0. The van der Waals surface area contributed by atoms with Crippen LogP contribution in [0.15, 0.2) is 12.1 Å². The number of nitrogens with zero attached hydrogens (tertiary/aromatic N) is 1. The van der Waals surface area contributed by atoms with Crippen molar-refractivity contribution in [3.63, 3.8) is 0 Å². The van der Waals surface area contributed by atoms with E-state index >= 15 is 0 Å². The van der Waals surface area contributed by atoms with Crippen LogP contribution in [-0.2, 0) is 0 Å². The topological polar surface area (TPSA) is 98.6 Å². The molecule has 1 fully saturated rings. The first kappa shape index (κ1) is 15.5. The van der Waals surface area contributed by atoms with Crippen LogP contribution in [0.2, 0.25) is 0 Å². The third kappa shape index (κ3) is 3.48. The molecule has 19 heavy (non-hydrogen) atoms. The first-order valence-electron chi connectivity index (χ1n) is 5.83. The number of phenolic OH excluding ortho intramolecular Hbond substituents is 1. The molecule has 1 aliphatic rings. The van der Waals surface area contributed by atoms with Crippen molar-refractivity contribution in [1.29, 1.82) is 0 Å². The lowest BCUT2D eigenvalue weighted by atomic mass is 10.00. The van der Waals surface area contributed by atoms with Gasteiger partial charge in [0.05, 0.1) is 18.1 Å². The third-order valence-electron chi connectivity index (χ3n) is 3.20. The lowest BCUT2D eigenvalue weighted by molar-refractivity contribution is -0.385. The van der Waals surface area contributed by atoms with Gasteiger partial charge in [0.2, 0.25) is 0 Å². The second-order valence-electron chi connectivity index (χ2n) is 4.63. The Bertz CT molecular complexity index is 477. The summed E-state index contributed by atoms with van der Waals surface area (Å²) in [5.41, 5.74) is 6.25. The van der Waals surface area contributed by atoms with Gasteiger partial charge in [0.1, 0.15) is 0 Å². The number of methoxy groups -OCH3 is 1. The molecule has 0 radical (unpaired) electrons. The lowest BCUT2D eigenvalue weighted by Gasteiger charge is -2.15. The quantitative estimate of drug-likeness (QED) is 0.641. The minimum atomic E-state index is -0.519. The molecule has 7 heteroatoms. The first-order valence-corrected chi connectivity index (χ1v) is 5.83. The molecule has 1 saturated carbocycles. The van der Waals surface area contributed by atoms with Crippen molar-refractivity contribution in [3.8, 4) is 11.5 Å². The normalized spacial score (nSPS) is 15.5. The molecule has 106 valence electrons. The van der Waals surface area contributed by atoms with Gasteiger partial charge in [-0.05, 0) is 12.3 Å². The molecule has 1 aliphatic carbocycles. The molecule has 0 bridgehead atoms. The fourth-order valence-electron chi connectivity index (χ4n) is 2.00. The van der Waals surface area contributed by atoms with E-state index in [0.717, 1.165) is 19.3 Å². The smallest absolute Gasteiger partial charge is 0.273 e. The summed E-state index contributed by atoms with van der Waals surface area (Å²) in [4.78, 5) is 10.3. The number of phenols is 1. The number of aromatic hydroxyl groups is 1. The molecule has 0 aromatic heterocycles. The summed E-state index contributed by atoms with van der Waals surface area (Å²) >= 11 is 0. The second kappa shape index (κ2) is 6.08. The van der Waals surface area contributed by atoms with Gasteiger partial charge in [-0.15, -0.1) is 12.4 Å². The predicted molar refractivity (Wildman–Crippen MR) is 72.8 cm³/mol.